The molecule has 0 aliphatic rings. The Morgan fingerprint density at radius 3 is 2.45 bits per heavy atom. The third kappa shape index (κ3) is 5.33. The van der Waals surface area contributed by atoms with Crippen LogP contribution in [0.1, 0.15) is 41.9 Å². The maximum atomic E-state index is 12.5. The normalized spacial score (nSPS) is 11.7. The number of carbonyl (C=O) groups excluding carboxylic acids is 1. The van der Waals surface area contributed by atoms with Gasteiger partial charge in [0.05, 0.1) is 17.3 Å². The molecule has 1 heterocycles. The lowest BCUT2D eigenvalue weighted by Gasteiger charge is -2.15. The Labute approximate surface area is 198 Å². The Balaban J connectivity index is 1.99. The van der Waals surface area contributed by atoms with Crippen molar-refractivity contribution < 1.29 is 14.3 Å². The molecule has 1 unspecified atom stereocenters. The van der Waals surface area contributed by atoms with E-state index in [0.717, 1.165) is 20.3 Å². The van der Waals surface area contributed by atoms with Gasteiger partial charge in [0.15, 0.2) is 0 Å². The molecule has 0 saturated carbocycles. The van der Waals surface area contributed by atoms with Gasteiger partial charge >= 0.3 is 5.69 Å². The van der Waals surface area contributed by atoms with Gasteiger partial charge in [-0.3, -0.25) is 14.6 Å². The maximum Gasteiger partial charge on any atom is 0.349 e. The van der Waals surface area contributed by atoms with Crippen LogP contribution in [0.5, 0.6) is 17.2 Å². The summed E-state index contributed by atoms with van der Waals surface area (Å²) in [6, 6.07) is 8.62. The van der Waals surface area contributed by atoms with E-state index < -0.39 is 17.2 Å². The highest BCUT2D eigenvalue weighted by molar-refractivity contribution is 9.10. The van der Waals surface area contributed by atoms with Gasteiger partial charge in [0.1, 0.15) is 17.2 Å². The summed E-state index contributed by atoms with van der Waals surface area (Å²) in [5, 5.41) is 6.73. The molecule has 0 aliphatic heterocycles. The van der Waals surface area contributed by atoms with Gasteiger partial charge in [-0.25, -0.2) is 4.79 Å². The zero-order valence-corrected chi connectivity index (χ0v) is 20.6. The van der Waals surface area contributed by atoms with E-state index in [1.54, 1.807) is 37.4 Å². The smallest absolute Gasteiger partial charge is 0.349 e. The van der Waals surface area contributed by atoms with E-state index in [2.05, 4.69) is 31.3 Å². The number of carbonyl (C=O) groups is 1. The molecule has 0 saturated heterocycles. The first-order valence-corrected chi connectivity index (χ1v) is 11.1. The lowest BCUT2D eigenvalue weighted by atomic mass is 10.1. The number of nitrogens with zero attached hydrogens (tertiary/aromatic N) is 2. The second-order valence-corrected chi connectivity index (χ2v) is 8.46. The molecule has 33 heavy (non-hydrogen) atoms. The van der Waals surface area contributed by atoms with E-state index in [1.807, 2.05) is 27.7 Å². The number of amides is 1. The van der Waals surface area contributed by atoms with Gasteiger partial charge in [0.25, 0.3) is 11.5 Å². The summed E-state index contributed by atoms with van der Waals surface area (Å²) >= 11 is 3.44. The molecule has 0 radical (unpaired) electrons. The minimum Gasteiger partial charge on any atom is -0.496 e. The highest BCUT2D eigenvalue weighted by Gasteiger charge is 2.18. The van der Waals surface area contributed by atoms with Crippen molar-refractivity contribution in [3.8, 4) is 22.9 Å². The van der Waals surface area contributed by atoms with Crippen molar-refractivity contribution >= 4 is 21.8 Å². The van der Waals surface area contributed by atoms with Crippen molar-refractivity contribution in [3.05, 3.63) is 72.5 Å². The van der Waals surface area contributed by atoms with Crippen LogP contribution in [0.3, 0.4) is 0 Å². The molecule has 2 N–H and O–H groups in total. The van der Waals surface area contributed by atoms with Crippen molar-refractivity contribution in [1.82, 2.24) is 20.1 Å². The van der Waals surface area contributed by atoms with Gasteiger partial charge in [-0.15, -0.1) is 0 Å². The molecule has 0 bridgehead atoms. The van der Waals surface area contributed by atoms with Crippen molar-refractivity contribution in [1.29, 1.82) is 0 Å². The van der Waals surface area contributed by atoms with Gasteiger partial charge < -0.3 is 14.8 Å². The number of aryl methyl sites for hydroxylation is 2. The molecular weight excluding hydrogens is 492 g/mol. The van der Waals surface area contributed by atoms with Crippen LogP contribution in [0.2, 0.25) is 0 Å². The van der Waals surface area contributed by atoms with Gasteiger partial charge in [-0.1, -0.05) is 6.92 Å². The lowest BCUT2D eigenvalue weighted by molar-refractivity contribution is 0.0930. The number of H-pyrrole nitrogens is 1. The van der Waals surface area contributed by atoms with Crippen molar-refractivity contribution in [2.45, 2.75) is 40.2 Å². The highest BCUT2D eigenvalue weighted by atomic mass is 79.9. The summed E-state index contributed by atoms with van der Waals surface area (Å²) < 4.78 is 13.1. The molecule has 0 aliphatic carbocycles. The van der Waals surface area contributed by atoms with Gasteiger partial charge in [-0.05, 0) is 84.6 Å². The van der Waals surface area contributed by atoms with E-state index in [4.69, 9.17) is 9.47 Å². The van der Waals surface area contributed by atoms with Gasteiger partial charge in [0, 0.05) is 6.04 Å². The van der Waals surface area contributed by atoms with E-state index in [0.29, 0.717) is 29.4 Å². The van der Waals surface area contributed by atoms with Crippen LogP contribution in [0.15, 0.2) is 44.4 Å². The molecule has 10 heteroatoms. The second kappa shape index (κ2) is 10.0. The van der Waals surface area contributed by atoms with Crippen LogP contribution < -0.4 is 26.0 Å². The Hall–Kier alpha value is -3.40. The first kappa shape index (κ1) is 24.2. The summed E-state index contributed by atoms with van der Waals surface area (Å²) in [4.78, 5) is 39.3. The zero-order valence-electron chi connectivity index (χ0n) is 19.0. The third-order valence-electron chi connectivity index (χ3n) is 5.07. The molecular formula is C23H25BrN4O5. The number of methoxy groups -OCH3 is 1. The van der Waals surface area contributed by atoms with E-state index in [1.165, 1.54) is 0 Å². The summed E-state index contributed by atoms with van der Waals surface area (Å²) in [5.74, 6) is 1.26. The largest absolute Gasteiger partial charge is 0.496 e. The number of hydrogen-bond donors (Lipinski definition) is 2. The molecule has 0 spiro atoms. The zero-order chi connectivity index (χ0) is 24.3. The molecule has 9 nitrogen and oxygen atoms in total. The summed E-state index contributed by atoms with van der Waals surface area (Å²) in [6.45, 7) is 7.38. The standard InChI is InChI=1S/C23H25BrN4O5/c1-6-14(4)25-21(29)19-22(30)26-23(31)28(27-19)15-9-12(2)20(13(3)10-15)33-16-7-8-18(32-5)17(24)11-16/h7-11,14H,6H2,1-5H3,(H,25,29)(H,26,30,31). The molecule has 1 amide bonds. The van der Waals surface area contributed by atoms with Crippen LogP contribution >= 0.6 is 15.9 Å². The van der Waals surface area contributed by atoms with Crippen LogP contribution in [0, 0.1) is 13.8 Å². The van der Waals surface area contributed by atoms with Crippen LogP contribution in [-0.2, 0) is 0 Å². The van der Waals surface area contributed by atoms with Gasteiger partial charge in [0.2, 0.25) is 5.69 Å². The van der Waals surface area contributed by atoms with Crippen molar-refractivity contribution in [2.75, 3.05) is 7.11 Å². The van der Waals surface area contributed by atoms with Crippen LogP contribution in [-0.4, -0.2) is 33.8 Å². The second-order valence-electron chi connectivity index (χ2n) is 7.61. The fraction of sp³-hybridized carbons (Fsp3) is 0.304. The quantitative estimate of drug-likeness (QED) is 0.495. The van der Waals surface area contributed by atoms with E-state index in [-0.39, 0.29) is 11.7 Å². The fourth-order valence-corrected chi connectivity index (χ4v) is 3.68. The number of nitrogens with one attached hydrogen (secondary N) is 2. The summed E-state index contributed by atoms with van der Waals surface area (Å²) in [5.41, 5.74) is -0.0900. The predicted molar refractivity (Wildman–Crippen MR) is 128 cm³/mol. The maximum absolute atomic E-state index is 12.5. The fourth-order valence-electron chi connectivity index (χ4n) is 3.16. The van der Waals surface area contributed by atoms with E-state index >= 15 is 0 Å². The highest BCUT2D eigenvalue weighted by Crippen LogP contribution is 2.34. The molecule has 174 valence electrons. The number of aromatic nitrogens is 3. The Kier molecular flexibility index (Phi) is 7.37. The van der Waals surface area contributed by atoms with Crippen LogP contribution in [0.25, 0.3) is 5.69 Å². The van der Waals surface area contributed by atoms with E-state index in [9.17, 15) is 14.4 Å². The Morgan fingerprint density at radius 2 is 1.88 bits per heavy atom. The minimum absolute atomic E-state index is 0.141. The molecule has 1 aromatic heterocycles. The average molecular weight is 517 g/mol. The Morgan fingerprint density at radius 1 is 1.21 bits per heavy atom. The first-order chi connectivity index (χ1) is 15.6. The van der Waals surface area contributed by atoms with Crippen LogP contribution in [0.4, 0.5) is 0 Å². The molecule has 0 fully saturated rings. The van der Waals surface area contributed by atoms with Crippen molar-refractivity contribution in [2.24, 2.45) is 0 Å². The van der Waals surface area contributed by atoms with Crippen molar-refractivity contribution in [3.63, 3.8) is 0 Å². The molecule has 3 rings (SSSR count). The molecule has 1 atom stereocenters. The average Bonchev–Trinajstić information content (AvgIpc) is 2.76. The Bertz CT molecular complexity index is 1290. The third-order valence-corrected chi connectivity index (χ3v) is 5.69. The topological polar surface area (TPSA) is 115 Å². The number of ether oxygens (including phenoxy) is 2. The number of hydrogen-bond acceptors (Lipinski definition) is 6. The molecule has 3 aromatic rings. The SMILES string of the molecule is CCC(C)NC(=O)c1nn(-c2cc(C)c(Oc3ccc(OC)c(Br)c3)c(C)c2)c(=O)[nH]c1=O. The lowest BCUT2D eigenvalue weighted by Crippen LogP contribution is -2.41. The molecule has 2 aromatic carbocycles. The number of rotatable bonds is 7. The summed E-state index contributed by atoms with van der Waals surface area (Å²) in [6.07, 6.45) is 0.688. The predicted octanol–water partition coefficient (Wildman–Crippen LogP) is 3.63. The number of benzene rings is 2. The van der Waals surface area contributed by atoms with Gasteiger partial charge in [-0.2, -0.15) is 9.78 Å². The number of halogens is 1. The number of aromatic amines is 1. The minimum atomic E-state index is -0.837. The monoisotopic (exact) mass is 516 g/mol. The first-order valence-electron chi connectivity index (χ1n) is 10.3. The summed E-state index contributed by atoms with van der Waals surface area (Å²) in [7, 11) is 1.58.